The van der Waals surface area contributed by atoms with E-state index in [0.29, 0.717) is 51.6 Å². The number of nitrogens with two attached hydrogens (primary N) is 1. The molecular formula is C30H38ClF3N6O4S. The molecule has 0 bridgehead atoms. The number of alkyl halides is 3. The van der Waals surface area contributed by atoms with Crippen LogP contribution >= 0.6 is 22.9 Å². The summed E-state index contributed by atoms with van der Waals surface area (Å²) in [4.78, 5) is 47.0. The number of hydrogen-bond donors (Lipinski definition) is 2. The zero-order valence-electron chi connectivity index (χ0n) is 25.2. The van der Waals surface area contributed by atoms with Gasteiger partial charge in [0.15, 0.2) is 6.10 Å². The fourth-order valence-corrected chi connectivity index (χ4v) is 7.35. The number of anilines is 2. The van der Waals surface area contributed by atoms with Crippen LogP contribution in [0.1, 0.15) is 42.4 Å². The molecule has 0 saturated carbocycles. The third kappa shape index (κ3) is 7.60. The van der Waals surface area contributed by atoms with Gasteiger partial charge in [0.05, 0.1) is 22.0 Å². The number of halogens is 4. The molecule has 10 nitrogen and oxygen atoms in total. The zero-order chi connectivity index (χ0) is 32.5. The number of likely N-dealkylation sites (tertiary alicyclic amines) is 2. The Kier molecular flexibility index (Phi) is 10.0. The molecule has 4 heterocycles. The largest absolute Gasteiger partial charge is 0.436 e. The highest BCUT2D eigenvalue weighted by atomic mass is 35.5. The molecule has 0 unspecified atom stereocenters. The second kappa shape index (κ2) is 13.6. The van der Waals surface area contributed by atoms with Gasteiger partial charge in [-0.2, -0.15) is 13.2 Å². The first kappa shape index (κ1) is 33.1. The smallest absolute Gasteiger partial charge is 0.418 e. The predicted octanol–water partition coefficient (Wildman–Crippen LogP) is 5.16. The summed E-state index contributed by atoms with van der Waals surface area (Å²) in [7, 11) is 3.94. The number of benzene rings is 1. The summed E-state index contributed by atoms with van der Waals surface area (Å²) in [5.41, 5.74) is 5.91. The Morgan fingerprint density at radius 2 is 1.76 bits per heavy atom. The number of rotatable bonds is 6. The summed E-state index contributed by atoms with van der Waals surface area (Å²) < 4.78 is 46.8. The van der Waals surface area contributed by atoms with Gasteiger partial charge in [-0.1, -0.05) is 11.6 Å². The van der Waals surface area contributed by atoms with Crippen LogP contribution in [0.5, 0.6) is 0 Å². The lowest BCUT2D eigenvalue weighted by Crippen LogP contribution is -2.52. The lowest BCUT2D eigenvalue weighted by Gasteiger charge is -2.39. The average molecular weight is 671 g/mol. The molecule has 2 fully saturated rings. The Morgan fingerprint density at radius 1 is 1.09 bits per heavy atom. The third-order valence-electron chi connectivity index (χ3n) is 8.97. The first-order valence-electron chi connectivity index (χ1n) is 15.0. The van der Waals surface area contributed by atoms with Gasteiger partial charge < -0.3 is 35.4 Å². The van der Waals surface area contributed by atoms with Gasteiger partial charge in [0.1, 0.15) is 0 Å². The Bertz CT molecular complexity index is 1410. The predicted molar refractivity (Wildman–Crippen MR) is 166 cm³/mol. The molecule has 15 heteroatoms. The van der Waals surface area contributed by atoms with Gasteiger partial charge >= 0.3 is 18.3 Å². The van der Waals surface area contributed by atoms with Crippen LogP contribution in [0.4, 0.5) is 34.1 Å². The van der Waals surface area contributed by atoms with Crippen molar-refractivity contribution in [3.8, 4) is 0 Å². The highest BCUT2D eigenvalue weighted by molar-refractivity contribution is 7.08. The van der Waals surface area contributed by atoms with E-state index in [-0.39, 0.29) is 29.1 Å². The number of carbonyl (C=O) groups is 3. The number of urea groups is 1. The summed E-state index contributed by atoms with van der Waals surface area (Å²) in [5, 5.41) is 6.62. The number of ether oxygens (including phenoxy) is 1. The number of thiophene rings is 1. The number of nitrogens with one attached hydrogen (secondary N) is 1. The minimum Gasteiger partial charge on any atom is -0.436 e. The van der Waals surface area contributed by atoms with Crippen molar-refractivity contribution in [1.82, 2.24) is 19.6 Å². The number of carbonyl (C=O) groups excluding carboxylic acids is 3. The molecule has 0 radical (unpaired) electrons. The maximum Gasteiger partial charge on any atom is 0.418 e. The van der Waals surface area contributed by atoms with Crippen molar-refractivity contribution in [3.63, 3.8) is 0 Å². The topological polar surface area (TPSA) is 111 Å². The van der Waals surface area contributed by atoms with Crippen LogP contribution in [0, 0.1) is 0 Å². The minimum atomic E-state index is -4.76. The molecule has 246 valence electrons. The standard InChI is InChI=1S/C30H38ClF3N6O4S/c1-37(2)20-4-8-38(9-5-20)27(41)25(15-18-13-22(30(32,33)34)26(35)23(31)14-18)44-29(43)39-10-6-21(7-11-39)40-12-3-19-16-45-17-24(19)36-28(40)42/h13-14,16-17,20-21,25H,3-12,15,35H2,1-2H3,(H,36,42)/t25-/m1/s1. The van der Waals surface area contributed by atoms with Gasteiger partial charge in [0.2, 0.25) is 0 Å². The van der Waals surface area contributed by atoms with Crippen molar-refractivity contribution < 1.29 is 32.3 Å². The number of amides is 4. The lowest BCUT2D eigenvalue weighted by atomic mass is 10.00. The van der Waals surface area contributed by atoms with Crippen LogP contribution in [0.15, 0.2) is 22.9 Å². The Balaban J connectivity index is 1.27. The van der Waals surface area contributed by atoms with E-state index < -0.39 is 35.5 Å². The van der Waals surface area contributed by atoms with Crippen molar-refractivity contribution in [3.05, 3.63) is 44.6 Å². The molecule has 4 amide bonds. The summed E-state index contributed by atoms with van der Waals surface area (Å²) in [6.07, 6.45) is -3.92. The van der Waals surface area contributed by atoms with Gasteiger partial charge in [-0.05, 0) is 74.8 Å². The van der Waals surface area contributed by atoms with E-state index in [1.54, 1.807) is 21.1 Å². The third-order valence-corrected chi connectivity index (χ3v) is 10.1. The van der Waals surface area contributed by atoms with E-state index in [9.17, 15) is 27.6 Å². The summed E-state index contributed by atoms with van der Waals surface area (Å²) in [5.74, 6) is -0.467. The van der Waals surface area contributed by atoms with E-state index in [0.717, 1.165) is 36.6 Å². The zero-order valence-corrected chi connectivity index (χ0v) is 26.8. The normalized spacial score (nSPS) is 19.3. The minimum absolute atomic E-state index is 0.0742. The van der Waals surface area contributed by atoms with E-state index >= 15 is 0 Å². The quantitative estimate of drug-likeness (QED) is 0.411. The Morgan fingerprint density at radius 3 is 2.40 bits per heavy atom. The van der Waals surface area contributed by atoms with Gasteiger partial charge in [-0.25, -0.2) is 9.59 Å². The molecule has 0 spiro atoms. The summed E-state index contributed by atoms with van der Waals surface area (Å²) in [6, 6.07) is 2.17. The Hall–Kier alpha value is -3.23. The van der Waals surface area contributed by atoms with Crippen molar-refractivity contribution >= 4 is 52.3 Å². The fourth-order valence-electron chi connectivity index (χ4n) is 6.29. The van der Waals surface area contributed by atoms with Crippen LogP contribution < -0.4 is 11.1 Å². The molecule has 2 saturated heterocycles. The summed E-state index contributed by atoms with van der Waals surface area (Å²) in [6.45, 7) is 2.03. The molecule has 45 heavy (non-hydrogen) atoms. The van der Waals surface area contributed by atoms with Crippen molar-refractivity contribution in [2.45, 2.75) is 62.9 Å². The van der Waals surface area contributed by atoms with Crippen molar-refractivity contribution in [2.75, 3.05) is 57.9 Å². The molecule has 3 aliphatic heterocycles. The molecule has 0 aliphatic carbocycles. The molecular weight excluding hydrogens is 633 g/mol. The van der Waals surface area contributed by atoms with E-state index in [2.05, 4.69) is 10.2 Å². The average Bonchev–Trinajstić information content (AvgIpc) is 3.37. The van der Waals surface area contributed by atoms with Crippen LogP contribution in [-0.4, -0.2) is 103 Å². The lowest BCUT2D eigenvalue weighted by molar-refractivity contribution is -0.142. The molecule has 2 aromatic rings. The maximum absolute atomic E-state index is 13.7. The second-order valence-corrected chi connectivity index (χ2v) is 13.2. The molecule has 1 atom stereocenters. The first-order chi connectivity index (χ1) is 21.3. The van der Waals surface area contributed by atoms with Crippen LogP contribution in [0.2, 0.25) is 5.02 Å². The van der Waals surface area contributed by atoms with Gasteiger partial charge in [0, 0.05) is 56.6 Å². The molecule has 3 aliphatic rings. The molecule has 3 N–H and O–H groups in total. The van der Waals surface area contributed by atoms with Crippen LogP contribution in [-0.2, 0) is 28.5 Å². The van der Waals surface area contributed by atoms with E-state index in [4.69, 9.17) is 22.1 Å². The SMILES string of the molecule is CN(C)C1CCN(C(=O)[C@@H](Cc2cc(Cl)c(N)c(C(F)(F)F)c2)OC(=O)N2CCC(N3CCc4cscc4NC3=O)CC2)CC1. The Labute approximate surface area is 269 Å². The number of fused-ring (bicyclic) bond motifs is 1. The number of nitrogen functional groups attached to an aromatic ring is 1. The fraction of sp³-hybridized carbons (Fsp3) is 0.567. The monoisotopic (exact) mass is 670 g/mol. The van der Waals surface area contributed by atoms with Crippen LogP contribution in [0.25, 0.3) is 0 Å². The highest BCUT2D eigenvalue weighted by Crippen LogP contribution is 2.38. The van der Waals surface area contributed by atoms with E-state index in [1.165, 1.54) is 11.0 Å². The highest BCUT2D eigenvalue weighted by Gasteiger charge is 2.38. The van der Waals surface area contributed by atoms with Gasteiger partial charge in [-0.3, -0.25) is 4.79 Å². The maximum atomic E-state index is 13.7. The van der Waals surface area contributed by atoms with Gasteiger partial charge in [0.25, 0.3) is 5.91 Å². The van der Waals surface area contributed by atoms with E-state index in [1.807, 2.05) is 24.9 Å². The first-order valence-corrected chi connectivity index (χ1v) is 16.3. The second-order valence-electron chi connectivity index (χ2n) is 12.0. The van der Waals surface area contributed by atoms with Gasteiger partial charge in [-0.15, -0.1) is 11.3 Å². The van der Waals surface area contributed by atoms with Crippen molar-refractivity contribution in [1.29, 1.82) is 0 Å². The molecule has 1 aromatic carbocycles. The van der Waals surface area contributed by atoms with Crippen molar-refractivity contribution in [2.24, 2.45) is 0 Å². The molecule has 1 aromatic heterocycles. The number of hydrogen-bond acceptors (Lipinski definition) is 7. The van der Waals surface area contributed by atoms with Crippen LogP contribution in [0.3, 0.4) is 0 Å². The summed E-state index contributed by atoms with van der Waals surface area (Å²) >= 11 is 7.60. The number of piperidine rings is 2. The molecule has 5 rings (SSSR count). The number of nitrogens with zero attached hydrogens (tertiary/aromatic N) is 4.